The first kappa shape index (κ1) is 9.67. The Kier molecular flexibility index (Phi) is 2.39. The first-order valence-electron chi connectivity index (χ1n) is 4.10. The van der Waals surface area contributed by atoms with E-state index in [9.17, 15) is 4.79 Å². The van der Waals surface area contributed by atoms with Gasteiger partial charge in [0.25, 0.3) is 0 Å². The minimum Gasteiger partial charge on any atom is -0.476 e. The molecular weight excluding hydrogens is 218 g/mol. The van der Waals surface area contributed by atoms with Crippen LogP contribution in [0.2, 0.25) is 5.15 Å². The van der Waals surface area contributed by atoms with Crippen LogP contribution in [0.5, 0.6) is 0 Å². The van der Waals surface area contributed by atoms with Crippen molar-refractivity contribution in [1.29, 1.82) is 0 Å². The monoisotopic (exact) mass is 223 g/mol. The van der Waals surface area contributed by atoms with Crippen LogP contribution in [0.15, 0.2) is 30.3 Å². The highest BCUT2D eigenvalue weighted by Gasteiger charge is 2.16. The average Bonchev–Trinajstić information content (AvgIpc) is 2.62. The maximum absolute atomic E-state index is 10.7. The zero-order valence-electron chi connectivity index (χ0n) is 7.46. The molecule has 0 radical (unpaired) electrons. The Morgan fingerprint density at radius 1 is 1.27 bits per heavy atom. The number of aromatic carboxylic acids is 1. The predicted octanol–water partition coefficient (Wildman–Crippen LogP) is 1.62. The lowest BCUT2D eigenvalue weighted by molar-refractivity contribution is 0.0690. The van der Waals surface area contributed by atoms with Gasteiger partial charge in [0, 0.05) is 0 Å². The maximum Gasteiger partial charge on any atom is 0.359 e. The molecule has 2 rings (SSSR count). The number of aromatic nitrogens is 3. The van der Waals surface area contributed by atoms with E-state index in [1.165, 1.54) is 4.80 Å². The molecule has 2 aromatic rings. The predicted molar refractivity (Wildman–Crippen MR) is 53.3 cm³/mol. The van der Waals surface area contributed by atoms with E-state index < -0.39 is 5.97 Å². The van der Waals surface area contributed by atoms with Crippen LogP contribution in [0.4, 0.5) is 0 Å². The van der Waals surface area contributed by atoms with E-state index in [2.05, 4.69) is 10.2 Å². The Hall–Kier alpha value is -1.88. The number of nitrogens with zero attached hydrogens (tertiary/aromatic N) is 3. The summed E-state index contributed by atoms with van der Waals surface area (Å²) in [6, 6.07) is 8.94. The highest BCUT2D eigenvalue weighted by molar-refractivity contribution is 6.31. The SMILES string of the molecule is O=C(O)c1nn(-c2ccccc2)nc1Cl. The van der Waals surface area contributed by atoms with E-state index in [-0.39, 0.29) is 10.8 Å². The van der Waals surface area contributed by atoms with Crippen LogP contribution in [0.25, 0.3) is 5.69 Å². The summed E-state index contributed by atoms with van der Waals surface area (Å²) in [5.41, 5.74) is 0.410. The minimum absolute atomic E-state index is 0.119. The van der Waals surface area contributed by atoms with Gasteiger partial charge in [-0.25, -0.2) is 4.79 Å². The topological polar surface area (TPSA) is 68.0 Å². The van der Waals surface area contributed by atoms with Gasteiger partial charge in [-0.2, -0.15) is 0 Å². The Bertz CT molecular complexity index is 495. The van der Waals surface area contributed by atoms with Crippen LogP contribution in [0.1, 0.15) is 10.5 Å². The van der Waals surface area contributed by atoms with Gasteiger partial charge in [0.2, 0.25) is 5.69 Å². The van der Waals surface area contributed by atoms with Gasteiger partial charge in [-0.05, 0) is 12.1 Å². The number of carbonyl (C=O) groups is 1. The molecule has 0 bridgehead atoms. The molecule has 6 heteroatoms. The molecule has 0 amide bonds. The second kappa shape index (κ2) is 3.70. The lowest BCUT2D eigenvalue weighted by atomic mass is 10.3. The van der Waals surface area contributed by atoms with E-state index in [0.717, 1.165) is 0 Å². The quantitative estimate of drug-likeness (QED) is 0.840. The Morgan fingerprint density at radius 2 is 1.93 bits per heavy atom. The zero-order chi connectivity index (χ0) is 10.8. The Morgan fingerprint density at radius 3 is 2.47 bits per heavy atom. The number of halogens is 1. The first-order valence-corrected chi connectivity index (χ1v) is 4.48. The number of hydrogen-bond donors (Lipinski definition) is 1. The lowest BCUT2D eigenvalue weighted by Gasteiger charge is -1.96. The first-order chi connectivity index (χ1) is 7.18. The van der Waals surface area contributed by atoms with Gasteiger partial charge in [0.15, 0.2) is 5.15 Å². The molecule has 15 heavy (non-hydrogen) atoms. The molecule has 0 atom stereocenters. The van der Waals surface area contributed by atoms with Crippen molar-refractivity contribution in [2.75, 3.05) is 0 Å². The molecule has 0 aliphatic rings. The lowest BCUT2D eigenvalue weighted by Crippen LogP contribution is -2.01. The molecule has 76 valence electrons. The second-order valence-corrected chi connectivity index (χ2v) is 3.13. The van der Waals surface area contributed by atoms with Crippen molar-refractivity contribution < 1.29 is 9.90 Å². The largest absolute Gasteiger partial charge is 0.476 e. The molecule has 5 nitrogen and oxygen atoms in total. The van der Waals surface area contributed by atoms with Crippen LogP contribution < -0.4 is 0 Å². The number of rotatable bonds is 2. The molecule has 1 aromatic heterocycles. The van der Waals surface area contributed by atoms with Gasteiger partial charge in [-0.1, -0.05) is 29.8 Å². The molecule has 0 spiro atoms. The van der Waals surface area contributed by atoms with Crippen LogP contribution in [0, 0.1) is 0 Å². The van der Waals surface area contributed by atoms with Crippen LogP contribution >= 0.6 is 11.6 Å². The number of para-hydroxylation sites is 1. The van der Waals surface area contributed by atoms with Gasteiger partial charge in [0.05, 0.1) is 5.69 Å². The third-order valence-corrected chi connectivity index (χ3v) is 2.02. The third kappa shape index (κ3) is 1.82. The normalized spacial score (nSPS) is 10.2. The van der Waals surface area contributed by atoms with E-state index in [1.807, 2.05) is 6.07 Å². The third-order valence-electron chi connectivity index (χ3n) is 1.76. The summed E-state index contributed by atoms with van der Waals surface area (Å²) in [5.74, 6) is -1.19. The van der Waals surface area contributed by atoms with Crippen molar-refractivity contribution in [2.45, 2.75) is 0 Å². The van der Waals surface area contributed by atoms with E-state index in [0.29, 0.717) is 5.69 Å². The Balaban J connectivity index is 2.48. The standard InChI is InChI=1S/C9H6ClN3O2/c10-8-7(9(14)15)11-13(12-8)6-4-2-1-3-5-6/h1-5H,(H,14,15). The molecule has 1 N–H and O–H groups in total. The van der Waals surface area contributed by atoms with Gasteiger partial charge in [-0.3, -0.25) is 0 Å². The maximum atomic E-state index is 10.7. The smallest absolute Gasteiger partial charge is 0.359 e. The molecule has 0 unspecified atom stereocenters. The molecule has 0 saturated heterocycles. The number of benzene rings is 1. The number of carboxylic acid groups (broad SMARTS) is 1. The second-order valence-electron chi connectivity index (χ2n) is 2.77. The van der Waals surface area contributed by atoms with Crippen LogP contribution in [0.3, 0.4) is 0 Å². The van der Waals surface area contributed by atoms with Crippen LogP contribution in [-0.2, 0) is 0 Å². The van der Waals surface area contributed by atoms with Gasteiger partial charge in [0.1, 0.15) is 0 Å². The Labute approximate surface area is 89.9 Å². The fourth-order valence-electron chi connectivity index (χ4n) is 1.10. The molecular formula is C9H6ClN3O2. The summed E-state index contributed by atoms with van der Waals surface area (Å²) >= 11 is 5.61. The molecule has 0 aliphatic heterocycles. The molecule has 0 aliphatic carbocycles. The number of carboxylic acids is 1. The summed E-state index contributed by atoms with van der Waals surface area (Å²) in [7, 11) is 0. The highest BCUT2D eigenvalue weighted by Crippen LogP contribution is 2.12. The summed E-state index contributed by atoms with van der Waals surface area (Å²) < 4.78 is 0. The summed E-state index contributed by atoms with van der Waals surface area (Å²) in [6.07, 6.45) is 0. The van der Waals surface area contributed by atoms with E-state index >= 15 is 0 Å². The van der Waals surface area contributed by atoms with Crippen molar-refractivity contribution in [1.82, 2.24) is 15.0 Å². The van der Waals surface area contributed by atoms with E-state index in [1.54, 1.807) is 24.3 Å². The van der Waals surface area contributed by atoms with Crippen molar-refractivity contribution >= 4 is 17.6 Å². The fraction of sp³-hybridized carbons (Fsp3) is 0. The summed E-state index contributed by atoms with van der Waals surface area (Å²) in [4.78, 5) is 11.9. The highest BCUT2D eigenvalue weighted by atomic mass is 35.5. The zero-order valence-corrected chi connectivity index (χ0v) is 8.22. The van der Waals surface area contributed by atoms with Crippen LogP contribution in [-0.4, -0.2) is 26.1 Å². The molecule has 1 aromatic carbocycles. The van der Waals surface area contributed by atoms with E-state index in [4.69, 9.17) is 16.7 Å². The van der Waals surface area contributed by atoms with Gasteiger partial charge >= 0.3 is 5.97 Å². The van der Waals surface area contributed by atoms with Crippen molar-refractivity contribution in [3.63, 3.8) is 0 Å². The fourth-order valence-corrected chi connectivity index (χ4v) is 1.29. The van der Waals surface area contributed by atoms with Crippen molar-refractivity contribution in [3.8, 4) is 5.69 Å². The van der Waals surface area contributed by atoms with Gasteiger partial charge < -0.3 is 5.11 Å². The summed E-state index contributed by atoms with van der Waals surface area (Å²) in [5, 5.41) is 16.2. The summed E-state index contributed by atoms with van der Waals surface area (Å²) in [6.45, 7) is 0. The average molecular weight is 224 g/mol. The molecule has 1 heterocycles. The molecule has 0 saturated carbocycles. The number of hydrogen-bond acceptors (Lipinski definition) is 3. The van der Waals surface area contributed by atoms with Crippen molar-refractivity contribution in [2.24, 2.45) is 0 Å². The van der Waals surface area contributed by atoms with Gasteiger partial charge in [-0.15, -0.1) is 15.0 Å². The molecule has 0 fully saturated rings. The van der Waals surface area contributed by atoms with Crippen molar-refractivity contribution in [3.05, 3.63) is 41.2 Å². The minimum atomic E-state index is -1.19.